The normalized spacial score (nSPS) is 15.2. The number of hydrogen-bond donors (Lipinski definition) is 1. The maximum atomic E-state index is 12.8. The molecular formula is C22H20N4O4S. The summed E-state index contributed by atoms with van der Waals surface area (Å²) in [6.07, 6.45) is 0. The van der Waals surface area contributed by atoms with Crippen molar-refractivity contribution in [3.63, 3.8) is 0 Å². The minimum atomic E-state index is -1.32. The molecule has 0 saturated carbocycles. The van der Waals surface area contributed by atoms with Crippen LogP contribution < -0.4 is 5.73 Å². The number of amides is 1. The van der Waals surface area contributed by atoms with Crippen LogP contribution >= 0.6 is 0 Å². The standard InChI is InChI=1S/C22H20N4O4S/c1-3-30-22(28)19-17-12-31(29)18-10-5-4-9-16(18)20(17)26(25-19)15-8-6-7-14(11-15)21(27)24-13(2)23/h4-11H,3,12H2,1-2H3,(H2,23,24,27). The number of benzene rings is 2. The highest BCUT2D eigenvalue weighted by atomic mass is 32.2. The average molecular weight is 436 g/mol. The molecule has 31 heavy (non-hydrogen) atoms. The van der Waals surface area contributed by atoms with Crippen molar-refractivity contribution in [2.24, 2.45) is 10.7 Å². The first kappa shape index (κ1) is 20.7. The Morgan fingerprint density at radius 1 is 1.23 bits per heavy atom. The zero-order chi connectivity index (χ0) is 22.1. The molecule has 1 aliphatic heterocycles. The van der Waals surface area contributed by atoms with Crippen molar-refractivity contribution in [3.8, 4) is 16.9 Å². The van der Waals surface area contributed by atoms with E-state index >= 15 is 0 Å². The smallest absolute Gasteiger partial charge is 0.359 e. The number of rotatable bonds is 4. The molecule has 1 aliphatic rings. The summed E-state index contributed by atoms with van der Waals surface area (Å²) in [4.78, 5) is 29.4. The molecule has 0 saturated heterocycles. The molecule has 0 bridgehead atoms. The van der Waals surface area contributed by atoms with Crippen LogP contribution in [0.25, 0.3) is 16.9 Å². The van der Waals surface area contributed by atoms with Gasteiger partial charge in [-0.1, -0.05) is 24.3 Å². The molecule has 2 N–H and O–H groups in total. The number of ether oxygens (including phenoxy) is 1. The van der Waals surface area contributed by atoms with Gasteiger partial charge in [0.15, 0.2) is 5.69 Å². The van der Waals surface area contributed by atoms with Crippen LogP contribution in [0.2, 0.25) is 0 Å². The molecule has 2 aromatic carbocycles. The number of aliphatic imine (C=N–C) groups is 1. The Morgan fingerprint density at radius 2 is 2.00 bits per heavy atom. The van der Waals surface area contributed by atoms with E-state index in [4.69, 9.17) is 10.5 Å². The quantitative estimate of drug-likeness (QED) is 0.382. The predicted octanol–water partition coefficient (Wildman–Crippen LogP) is 2.85. The fraction of sp³-hybridized carbons (Fsp3) is 0.182. The molecule has 2 heterocycles. The SMILES string of the molecule is CCOC(=O)c1nn(-c2cccc(C(=O)N=C(C)N)c2)c2c1CS(=O)c1ccccc1-2. The van der Waals surface area contributed by atoms with Gasteiger partial charge in [-0.15, -0.1) is 0 Å². The minimum absolute atomic E-state index is 0.118. The summed E-state index contributed by atoms with van der Waals surface area (Å²) >= 11 is 0. The zero-order valence-corrected chi connectivity index (χ0v) is 17.8. The molecule has 0 fully saturated rings. The maximum absolute atomic E-state index is 12.8. The lowest BCUT2D eigenvalue weighted by atomic mass is 10.1. The number of fused-ring (bicyclic) bond motifs is 3. The lowest BCUT2D eigenvalue weighted by Gasteiger charge is -2.18. The highest BCUT2D eigenvalue weighted by molar-refractivity contribution is 7.84. The highest BCUT2D eigenvalue weighted by Crippen LogP contribution is 2.39. The number of carbonyl (C=O) groups is 2. The Labute approximate surface area is 181 Å². The van der Waals surface area contributed by atoms with Gasteiger partial charge in [-0.05, 0) is 38.1 Å². The molecule has 3 aromatic rings. The lowest BCUT2D eigenvalue weighted by molar-refractivity contribution is 0.0518. The van der Waals surface area contributed by atoms with E-state index in [0.717, 1.165) is 5.56 Å². The minimum Gasteiger partial charge on any atom is -0.461 e. The van der Waals surface area contributed by atoms with Crippen LogP contribution in [0.3, 0.4) is 0 Å². The summed E-state index contributed by atoms with van der Waals surface area (Å²) in [5.74, 6) is -0.747. The van der Waals surface area contributed by atoms with E-state index in [1.165, 1.54) is 6.92 Å². The van der Waals surface area contributed by atoms with Gasteiger partial charge in [0.1, 0.15) is 5.84 Å². The molecule has 9 heteroatoms. The predicted molar refractivity (Wildman–Crippen MR) is 117 cm³/mol. The van der Waals surface area contributed by atoms with Crippen LogP contribution in [0.15, 0.2) is 58.4 Å². The Kier molecular flexibility index (Phi) is 5.51. The molecule has 4 rings (SSSR count). The first-order chi connectivity index (χ1) is 14.9. The van der Waals surface area contributed by atoms with Crippen molar-refractivity contribution >= 4 is 28.5 Å². The summed E-state index contributed by atoms with van der Waals surface area (Å²) in [6, 6.07) is 14.0. The van der Waals surface area contributed by atoms with Crippen LogP contribution in [-0.4, -0.2) is 38.3 Å². The number of amidine groups is 1. The Bertz CT molecular complexity index is 1260. The summed E-state index contributed by atoms with van der Waals surface area (Å²) in [5.41, 5.74) is 8.47. The number of esters is 1. The molecule has 0 radical (unpaired) electrons. The number of hydrogen-bond acceptors (Lipinski definition) is 5. The van der Waals surface area contributed by atoms with E-state index in [-0.39, 0.29) is 23.9 Å². The number of nitrogens with two attached hydrogens (primary N) is 1. The Balaban J connectivity index is 1.94. The number of aromatic nitrogens is 2. The largest absolute Gasteiger partial charge is 0.461 e. The summed E-state index contributed by atoms with van der Waals surface area (Å²) in [5, 5.41) is 4.51. The first-order valence-electron chi connectivity index (χ1n) is 9.63. The topological polar surface area (TPSA) is 117 Å². The van der Waals surface area contributed by atoms with Crippen LogP contribution in [0.5, 0.6) is 0 Å². The van der Waals surface area contributed by atoms with Gasteiger partial charge in [-0.2, -0.15) is 10.1 Å². The second-order valence-electron chi connectivity index (χ2n) is 6.90. The van der Waals surface area contributed by atoms with Gasteiger partial charge >= 0.3 is 5.97 Å². The number of carbonyl (C=O) groups excluding carboxylic acids is 2. The van der Waals surface area contributed by atoms with Crippen molar-refractivity contribution in [2.45, 2.75) is 24.5 Å². The van der Waals surface area contributed by atoms with Gasteiger partial charge in [0.05, 0.1) is 34.5 Å². The summed E-state index contributed by atoms with van der Waals surface area (Å²) in [6.45, 7) is 3.44. The van der Waals surface area contributed by atoms with Crippen molar-refractivity contribution in [2.75, 3.05) is 6.61 Å². The molecule has 0 spiro atoms. The van der Waals surface area contributed by atoms with E-state index in [1.807, 2.05) is 18.2 Å². The van der Waals surface area contributed by atoms with E-state index < -0.39 is 22.7 Å². The van der Waals surface area contributed by atoms with E-state index in [9.17, 15) is 13.8 Å². The van der Waals surface area contributed by atoms with Gasteiger partial charge < -0.3 is 10.5 Å². The van der Waals surface area contributed by atoms with Gasteiger partial charge in [-0.3, -0.25) is 9.00 Å². The summed E-state index contributed by atoms with van der Waals surface area (Å²) < 4.78 is 19.6. The van der Waals surface area contributed by atoms with E-state index in [0.29, 0.717) is 27.4 Å². The highest BCUT2D eigenvalue weighted by Gasteiger charge is 2.32. The lowest BCUT2D eigenvalue weighted by Crippen LogP contribution is -2.12. The van der Waals surface area contributed by atoms with Crippen LogP contribution in [0, 0.1) is 0 Å². The van der Waals surface area contributed by atoms with E-state index in [2.05, 4.69) is 10.1 Å². The molecule has 0 aliphatic carbocycles. The van der Waals surface area contributed by atoms with Gasteiger partial charge in [0.2, 0.25) is 0 Å². The van der Waals surface area contributed by atoms with Gasteiger partial charge in [0, 0.05) is 21.6 Å². The second-order valence-corrected chi connectivity index (χ2v) is 8.32. The van der Waals surface area contributed by atoms with Gasteiger partial charge in [0.25, 0.3) is 5.91 Å². The van der Waals surface area contributed by atoms with Crippen molar-refractivity contribution < 1.29 is 18.5 Å². The molecule has 1 atom stereocenters. The zero-order valence-electron chi connectivity index (χ0n) is 17.0. The van der Waals surface area contributed by atoms with Crippen molar-refractivity contribution in [1.82, 2.24) is 9.78 Å². The van der Waals surface area contributed by atoms with Crippen LogP contribution in [0.4, 0.5) is 0 Å². The molecule has 1 aromatic heterocycles. The molecule has 1 amide bonds. The Hall–Kier alpha value is -3.59. The first-order valence-corrected chi connectivity index (χ1v) is 10.9. The fourth-order valence-corrected chi connectivity index (χ4v) is 4.81. The van der Waals surface area contributed by atoms with Gasteiger partial charge in [-0.25, -0.2) is 9.48 Å². The third-order valence-corrected chi connectivity index (χ3v) is 6.13. The monoisotopic (exact) mass is 436 g/mol. The molecular weight excluding hydrogens is 416 g/mol. The average Bonchev–Trinajstić information content (AvgIpc) is 3.13. The van der Waals surface area contributed by atoms with Crippen molar-refractivity contribution in [1.29, 1.82) is 0 Å². The van der Waals surface area contributed by atoms with Crippen LogP contribution in [0.1, 0.15) is 40.3 Å². The molecule has 1 unspecified atom stereocenters. The second kappa shape index (κ2) is 8.27. The molecule has 158 valence electrons. The Morgan fingerprint density at radius 3 is 2.74 bits per heavy atom. The third-order valence-electron chi connectivity index (χ3n) is 4.73. The van der Waals surface area contributed by atoms with Crippen LogP contribution in [-0.2, 0) is 21.3 Å². The van der Waals surface area contributed by atoms with E-state index in [1.54, 1.807) is 41.9 Å². The maximum Gasteiger partial charge on any atom is 0.359 e. The molecule has 8 nitrogen and oxygen atoms in total. The number of nitrogens with zero attached hydrogens (tertiary/aromatic N) is 3. The van der Waals surface area contributed by atoms with Crippen molar-refractivity contribution in [3.05, 3.63) is 65.4 Å². The third kappa shape index (κ3) is 3.79. The summed E-state index contributed by atoms with van der Waals surface area (Å²) in [7, 11) is -1.32. The fourth-order valence-electron chi connectivity index (χ4n) is 3.48.